The Kier molecular flexibility index (Phi) is 12.6. The van der Waals surface area contributed by atoms with E-state index in [-0.39, 0.29) is 23.3 Å². The average Bonchev–Trinajstić information content (AvgIpc) is 3.41. The van der Waals surface area contributed by atoms with E-state index in [1.165, 1.54) is 0 Å². The topological polar surface area (TPSA) is 56.1 Å². The van der Waals surface area contributed by atoms with Crippen molar-refractivity contribution in [1.82, 2.24) is 14.9 Å². The van der Waals surface area contributed by atoms with Crippen molar-refractivity contribution in [3.05, 3.63) is 70.1 Å². The maximum absolute atomic E-state index is 13.9. The minimum absolute atomic E-state index is 0.0270. The molecule has 44 heavy (non-hydrogen) atoms. The number of benzene rings is 2. The number of amides is 1. The van der Waals surface area contributed by atoms with E-state index in [1.807, 2.05) is 24.3 Å². The number of unbranched alkanes of at least 4 members (excludes halogenated alkanes) is 3. The summed E-state index contributed by atoms with van der Waals surface area (Å²) in [6, 6.07) is 13.5. The largest absolute Gasteiger partial charge is 0.494 e. The number of imidazole rings is 1. The SMILES string of the molecule is CCCCCn1cc(-c2ccc(Cl)cc2Cl)nc1[C@H](Cc1ccc(OCCCC)cc1)NC(=O)C1CCC(C(C)(C)C)CC1. The smallest absolute Gasteiger partial charge is 0.223 e. The molecule has 4 rings (SSSR count). The number of nitrogens with one attached hydrogen (secondary N) is 1. The lowest BCUT2D eigenvalue weighted by Crippen LogP contribution is -2.38. The van der Waals surface area contributed by atoms with E-state index in [4.69, 9.17) is 32.9 Å². The molecule has 1 saturated carbocycles. The summed E-state index contributed by atoms with van der Waals surface area (Å²) >= 11 is 12.8. The fourth-order valence-corrected chi connectivity index (χ4v) is 6.76. The van der Waals surface area contributed by atoms with Crippen LogP contribution in [0, 0.1) is 17.3 Å². The molecule has 1 aliphatic carbocycles. The molecule has 0 unspecified atom stereocenters. The summed E-state index contributed by atoms with van der Waals surface area (Å²) in [7, 11) is 0. The quantitative estimate of drug-likeness (QED) is 0.178. The van der Waals surface area contributed by atoms with Crippen LogP contribution in [0.25, 0.3) is 11.3 Å². The number of nitrogens with zero attached hydrogens (tertiary/aromatic N) is 2. The van der Waals surface area contributed by atoms with Gasteiger partial charge >= 0.3 is 0 Å². The Hall–Kier alpha value is -2.50. The predicted octanol–water partition coefficient (Wildman–Crippen LogP) is 10.5. The number of ether oxygens (including phenoxy) is 1. The Bertz CT molecular complexity index is 1340. The lowest BCUT2D eigenvalue weighted by Gasteiger charge is -2.36. The Labute approximate surface area is 275 Å². The van der Waals surface area contributed by atoms with Gasteiger partial charge in [0.25, 0.3) is 0 Å². The van der Waals surface area contributed by atoms with Gasteiger partial charge in [-0.3, -0.25) is 4.79 Å². The van der Waals surface area contributed by atoms with E-state index in [2.05, 4.69) is 62.8 Å². The zero-order valence-electron chi connectivity index (χ0n) is 27.3. The van der Waals surface area contributed by atoms with E-state index in [0.29, 0.717) is 22.4 Å². The van der Waals surface area contributed by atoms with E-state index in [0.717, 1.165) is 99.3 Å². The average molecular weight is 641 g/mol. The second-order valence-corrected chi connectivity index (χ2v) is 14.4. The molecular weight excluding hydrogens is 589 g/mol. The molecule has 0 aliphatic heterocycles. The van der Waals surface area contributed by atoms with Gasteiger partial charge in [0.1, 0.15) is 11.6 Å². The third-order valence-corrected chi connectivity index (χ3v) is 9.65. The van der Waals surface area contributed by atoms with Crippen LogP contribution >= 0.6 is 23.2 Å². The number of hydrogen-bond donors (Lipinski definition) is 1. The Morgan fingerprint density at radius 1 is 1.00 bits per heavy atom. The molecule has 2 aromatic carbocycles. The van der Waals surface area contributed by atoms with Gasteiger partial charge in [-0.1, -0.05) is 89.2 Å². The van der Waals surface area contributed by atoms with Gasteiger partial charge in [-0.25, -0.2) is 4.98 Å². The molecule has 5 nitrogen and oxygen atoms in total. The summed E-state index contributed by atoms with van der Waals surface area (Å²) in [5, 5.41) is 4.63. The van der Waals surface area contributed by atoms with Gasteiger partial charge in [0, 0.05) is 29.2 Å². The van der Waals surface area contributed by atoms with Gasteiger partial charge in [-0.2, -0.15) is 0 Å². The van der Waals surface area contributed by atoms with Crippen LogP contribution in [0.1, 0.15) is 110 Å². The van der Waals surface area contributed by atoms with Crippen molar-refractivity contribution in [3.63, 3.8) is 0 Å². The molecule has 1 aliphatic rings. The fourth-order valence-electron chi connectivity index (χ4n) is 6.26. The molecule has 3 aromatic rings. The molecule has 1 heterocycles. The highest BCUT2D eigenvalue weighted by Gasteiger charge is 2.34. The monoisotopic (exact) mass is 639 g/mol. The summed E-state index contributed by atoms with van der Waals surface area (Å²) < 4.78 is 8.13. The molecule has 240 valence electrons. The van der Waals surface area contributed by atoms with Crippen LogP contribution in [0.3, 0.4) is 0 Å². The van der Waals surface area contributed by atoms with E-state index in [1.54, 1.807) is 6.07 Å². The lowest BCUT2D eigenvalue weighted by molar-refractivity contribution is -0.127. The van der Waals surface area contributed by atoms with Gasteiger partial charge in [-0.05, 0) is 92.2 Å². The third-order valence-electron chi connectivity index (χ3n) is 9.10. The molecule has 0 saturated heterocycles. The molecule has 0 radical (unpaired) electrons. The van der Waals surface area contributed by atoms with Crippen molar-refractivity contribution in [2.45, 2.75) is 111 Å². The van der Waals surface area contributed by atoms with Gasteiger partial charge < -0.3 is 14.6 Å². The summed E-state index contributed by atoms with van der Waals surface area (Å²) in [5.41, 5.74) is 3.04. The van der Waals surface area contributed by atoms with E-state index in [9.17, 15) is 4.79 Å². The Morgan fingerprint density at radius 2 is 1.70 bits per heavy atom. The van der Waals surface area contributed by atoms with E-state index >= 15 is 0 Å². The number of carbonyl (C=O) groups is 1. The molecule has 0 spiro atoms. The minimum atomic E-state index is -0.281. The van der Waals surface area contributed by atoms with Crippen molar-refractivity contribution >= 4 is 29.1 Å². The molecule has 1 N–H and O–H groups in total. The highest BCUT2D eigenvalue weighted by molar-refractivity contribution is 6.36. The van der Waals surface area contributed by atoms with Crippen LogP contribution in [0.15, 0.2) is 48.7 Å². The van der Waals surface area contributed by atoms with Crippen LogP contribution < -0.4 is 10.1 Å². The minimum Gasteiger partial charge on any atom is -0.494 e. The predicted molar refractivity (Wildman–Crippen MR) is 184 cm³/mol. The number of aryl methyl sites for hydroxylation is 1. The Morgan fingerprint density at radius 3 is 2.34 bits per heavy atom. The van der Waals surface area contributed by atoms with Crippen LogP contribution in [-0.2, 0) is 17.8 Å². The van der Waals surface area contributed by atoms with Crippen molar-refractivity contribution < 1.29 is 9.53 Å². The second kappa shape index (κ2) is 16.2. The van der Waals surface area contributed by atoms with Gasteiger partial charge in [0.05, 0.1) is 23.4 Å². The first-order valence-electron chi connectivity index (χ1n) is 16.6. The molecule has 1 fully saturated rings. The number of halogens is 2. The number of hydrogen-bond acceptors (Lipinski definition) is 3. The van der Waals surface area contributed by atoms with Gasteiger partial charge in [0.15, 0.2) is 0 Å². The zero-order valence-corrected chi connectivity index (χ0v) is 28.8. The summed E-state index contributed by atoms with van der Waals surface area (Å²) in [6.07, 6.45) is 12.2. The highest BCUT2D eigenvalue weighted by atomic mass is 35.5. The third kappa shape index (κ3) is 9.50. The highest BCUT2D eigenvalue weighted by Crippen LogP contribution is 2.40. The molecule has 7 heteroatoms. The van der Waals surface area contributed by atoms with Crippen LogP contribution in [0.2, 0.25) is 10.0 Å². The number of rotatable bonds is 14. The first-order valence-corrected chi connectivity index (χ1v) is 17.4. The standard InChI is InChI=1S/C37H51Cl2N3O2/c1-6-8-10-21-42-25-34(31-20-17-29(38)24-32(31)39)40-35(42)33(23-26-11-18-30(19-12-26)44-22-9-7-2)41-36(43)27-13-15-28(16-14-27)37(3,4)5/h11-12,17-20,24-25,27-28,33H,6-10,13-16,21-23H2,1-5H3,(H,41,43)/t27?,28?,33-/m0/s1. The summed E-state index contributed by atoms with van der Waals surface area (Å²) in [4.78, 5) is 19.0. The second-order valence-electron chi connectivity index (χ2n) is 13.5. The van der Waals surface area contributed by atoms with Crippen molar-refractivity contribution in [2.24, 2.45) is 17.3 Å². The maximum Gasteiger partial charge on any atom is 0.223 e. The molecule has 1 aromatic heterocycles. The molecule has 1 atom stereocenters. The zero-order chi connectivity index (χ0) is 31.7. The van der Waals surface area contributed by atoms with Crippen molar-refractivity contribution in [2.75, 3.05) is 6.61 Å². The van der Waals surface area contributed by atoms with Crippen molar-refractivity contribution in [1.29, 1.82) is 0 Å². The Balaban J connectivity index is 1.63. The first-order chi connectivity index (χ1) is 21.1. The van der Waals surface area contributed by atoms with Gasteiger partial charge in [-0.15, -0.1) is 0 Å². The fraction of sp³-hybridized carbons (Fsp3) is 0.568. The van der Waals surface area contributed by atoms with Crippen LogP contribution in [0.4, 0.5) is 0 Å². The molecule has 0 bridgehead atoms. The van der Waals surface area contributed by atoms with Crippen molar-refractivity contribution in [3.8, 4) is 17.0 Å². The maximum atomic E-state index is 13.9. The summed E-state index contributed by atoms with van der Waals surface area (Å²) in [5.74, 6) is 2.56. The van der Waals surface area contributed by atoms with E-state index < -0.39 is 0 Å². The summed E-state index contributed by atoms with van der Waals surface area (Å²) in [6.45, 7) is 12.9. The van der Waals surface area contributed by atoms with Crippen LogP contribution in [0.5, 0.6) is 5.75 Å². The molecule has 1 amide bonds. The first kappa shape index (κ1) is 34.4. The number of carbonyl (C=O) groups excluding carboxylic acids is 1. The molecular formula is C37H51Cl2N3O2. The van der Waals surface area contributed by atoms with Crippen LogP contribution in [-0.4, -0.2) is 22.1 Å². The lowest BCUT2D eigenvalue weighted by atomic mass is 9.69. The normalized spacial score (nSPS) is 17.8. The number of aromatic nitrogens is 2. The van der Waals surface area contributed by atoms with Gasteiger partial charge in [0.2, 0.25) is 5.91 Å².